The van der Waals surface area contributed by atoms with Crippen molar-refractivity contribution in [2.24, 2.45) is 0 Å². The van der Waals surface area contributed by atoms with Crippen molar-refractivity contribution in [3.8, 4) is 5.75 Å². The number of hydrogen-bond acceptors (Lipinski definition) is 4. The molecule has 0 spiro atoms. The molecule has 0 saturated carbocycles. The molecular weight excluding hydrogens is 384 g/mol. The van der Waals surface area contributed by atoms with Crippen molar-refractivity contribution in [1.82, 2.24) is 0 Å². The number of methoxy groups -OCH3 is 1. The molecule has 0 aliphatic carbocycles. The second kappa shape index (κ2) is 6.84. The molecule has 0 aliphatic heterocycles. The molecule has 0 radical (unpaired) electrons. The fraction of sp³-hybridized carbons (Fsp3) is 0.0714. The molecule has 0 saturated heterocycles. The molecule has 0 heterocycles. The van der Waals surface area contributed by atoms with Crippen LogP contribution in [-0.4, -0.2) is 26.6 Å². The first-order valence-corrected chi connectivity index (χ1v) is 8.48. The van der Waals surface area contributed by atoms with Gasteiger partial charge in [0.05, 0.1) is 23.4 Å². The van der Waals surface area contributed by atoms with E-state index in [2.05, 4.69) is 0 Å². The molecule has 24 heavy (non-hydrogen) atoms. The van der Waals surface area contributed by atoms with Gasteiger partial charge in [-0.15, -0.1) is 0 Å². The number of sulfonamides is 1. The first-order valence-electron chi connectivity index (χ1n) is 6.24. The standard InChI is InChI=1S/C14H10Cl2FNO5S/c1-23-13-9(16)5-8(15)6-12(13)24(21,22)18-11-4-7(14(19)20)2-3-10(11)17/h2-6,18H,1H3,(H,19,20). The Balaban J connectivity index is 2.54. The Morgan fingerprint density at radius 1 is 1.25 bits per heavy atom. The molecule has 2 N–H and O–H groups in total. The zero-order valence-corrected chi connectivity index (χ0v) is 14.3. The normalized spacial score (nSPS) is 11.2. The Labute approximate surface area is 146 Å². The summed E-state index contributed by atoms with van der Waals surface area (Å²) in [6.45, 7) is 0. The van der Waals surface area contributed by atoms with Gasteiger partial charge in [-0.1, -0.05) is 23.2 Å². The van der Waals surface area contributed by atoms with Crippen molar-refractivity contribution in [3.63, 3.8) is 0 Å². The monoisotopic (exact) mass is 393 g/mol. The molecule has 6 nitrogen and oxygen atoms in total. The summed E-state index contributed by atoms with van der Waals surface area (Å²) < 4.78 is 45.7. The van der Waals surface area contributed by atoms with Gasteiger partial charge in [-0.05, 0) is 30.3 Å². The van der Waals surface area contributed by atoms with Gasteiger partial charge < -0.3 is 9.84 Å². The lowest BCUT2D eigenvalue weighted by Crippen LogP contribution is -2.16. The van der Waals surface area contributed by atoms with Crippen molar-refractivity contribution >= 4 is 44.9 Å². The number of benzene rings is 2. The summed E-state index contributed by atoms with van der Waals surface area (Å²) in [7, 11) is -3.13. The van der Waals surface area contributed by atoms with Gasteiger partial charge in [-0.3, -0.25) is 4.72 Å². The lowest BCUT2D eigenvalue weighted by molar-refractivity contribution is 0.0697. The van der Waals surface area contributed by atoms with Crippen LogP contribution in [0.2, 0.25) is 10.0 Å². The van der Waals surface area contributed by atoms with Crippen LogP contribution in [0, 0.1) is 5.82 Å². The highest BCUT2D eigenvalue weighted by Gasteiger charge is 2.24. The smallest absolute Gasteiger partial charge is 0.335 e. The minimum absolute atomic E-state index is 0.0286. The van der Waals surface area contributed by atoms with Gasteiger partial charge in [0.2, 0.25) is 0 Å². The van der Waals surface area contributed by atoms with Crippen LogP contribution < -0.4 is 9.46 Å². The highest BCUT2D eigenvalue weighted by Crippen LogP contribution is 2.36. The van der Waals surface area contributed by atoms with E-state index in [-0.39, 0.29) is 21.4 Å². The topological polar surface area (TPSA) is 92.7 Å². The molecule has 0 bridgehead atoms. The highest BCUT2D eigenvalue weighted by atomic mass is 35.5. The summed E-state index contributed by atoms with van der Waals surface area (Å²) in [5.74, 6) is -2.46. The Bertz CT molecular complexity index is 918. The summed E-state index contributed by atoms with van der Waals surface area (Å²) >= 11 is 11.7. The average Bonchev–Trinajstić information content (AvgIpc) is 2.48. The minimum atomic E-state index is -4.34. The zero-order chi connectivity index (χ0) is 18.1. The number of halogens is 3. The van der Waals surface area contributed by atoms with Gasteiger partial charge in [0, 0.05) is 5.02 Å². The van der Waals surface area contributed by atoms with Crippen LogP contribution in [0.15, 0.2) is 35.2 Å². The van der Waals surface area contributed by atoms with Crippen LogP contribution in [0.25, 0.3) is 0 Å². The summed E-state index contributed by atoms with van der Waals surface area (Å²) in [5.41, 5.74) is -0.821. The molecule has 0 aromatic heterocycles. The summed E-state index contributed by atoms with van der Waals surface area (Å²) in [6, 6.07) is 5.06. The summed E-state index contributed by atoms with van der Waals surface area (Å²) in [5, 5.41) is 8.89. The van der Waals surface area contributed by atoms with Gasteiger partial charge in [0.15, 0.2) is 5.75 Å². The van der Waals surface area contributed by atoms with E-state index in [1.807, 2.05) is 4.72 Å². The fourth-order valence-electron chi connectivity index (χ4n) is 1.87. The van der Waals surface area contributed by atoms with Crippen LogP contribution >= 0.6 is 23.2 Å². The third-order valence-electron chi connectivity index (χ3n) is 2.93. The lowest BCUT2D eigenvalue weighted by atomic mass is 10.2. The average molecular weight is 394 g/mol. The van der Waals surface area contributed by atoms with E-state index in [0.29, 0.717) is 0 Å². The molecule has 128 valence electrons. The zero-order valence-electron chi connectivity index (χ0n) is 12.0. The van der Waals surface area contributed by atoms with Crippen LogP contribution in [-0.2, 0) is 10.0 Å². The van der Waals surface area contributed by atoms with Crippen molar-refractivity contribution in [3.05, 3.63) is 51.8 Å². The number of rotatable bonds is 5. The number of hydrogen-bond donors (Lipinski definition) is 2. The van der Waals surface area contributed by atoms with Gasteiger partial charge in [0.25, 0.3) is 10.0 Å². The first-order chi connectivity index (χ1) is 11.2. The first kappa shape index (κ1) is 18.3. The SMILES string of the molecule is COc1c(Cl)cc(Cl)cc1S(=O)(=O)Nc1cc(C(=O)O)ccc1F. The summed E-state index contributed by atoms with van der Waals surface area (Å²) in [6.07, 6.45) is 0. The third kappa shape index (κ3) is 3.72. The van der Waals surface area contributed by atoms with Crippen molar-refractivity contribution in [2.75, 3.05) is 11.8 Å². The maximum absolute atomic E-state index is 13.8. The number of carbonyl (C=O) groups is 1. The van der Waals surface area contributed by atoms with Crippen LogP contribution in [0.5, 0.6) is 5.75 Å². The third-order valence-corrected chi connectivity index (χ3v) is 4.80. The van der Waals surface area contributed by atoms with Crippen LogP contribution in [0.4, 0.5) is 10.1 Å². The number of carboxylic acids is 1. The molecule has 2 aromatic carbocycles. The quantitative estimate of drug-likeness (QED) is 0.808. The molecule has 0 fully saturated rings. The van der Waals surface area contributed by atoms with Crippen molar-refractivity contribution in [1.29, 1.82) is 0 Å². The van der Waals surface area contributed by atoms with Gasteiger partial charge in [0.1, 0.15) is 10.7 Å². The van der Waals surface area contributed by atoms with Crippen LogP contribution in [0.1, 0.15) is 10.4 Å². The Kier molecular flexibility index (Phi) is 5.22. The van der Waals surface area contributed by atoms with Gasteiger partial charge >= 0.3 is 5.97 Å². The molecule has 0 unspecified atom stereocenters. The number of carboxylic acid groups (broad SMARTS) is 1. The molecule has 10 heteroatoms. The predicted molar refractivity (Wildman–Crippen MR) is 87.2 cm³/mol. The Morgan fingerprint density at radius 3 is 2.50 bits per heavy atom. The van der Waals surface area contributed by atoms with E-state index in [9.17, 15) is 17.6 Å². The fourth-order valence-corrected chi connectivity index (χ4v) is 3.84. The second-order valence-corrected chi connectivity index (χ2v) is 7.02. The maximum Gasteiger partial charge on any atom is 0.335 e. The Morgan fingerprint density at radius 2 is 1.92 bits per heavy atom. The van der Waals surface area contributed by atoms with Crippen molar-refractivity contribution < 1.29 is 27.4 Å². The number of anilines is 1. The van der Waals surface area contributed by atoms with E-state index in [4.69, 9.17) is 33.0 Å². The molecular formula is C14H10Cl2FNO5S. The van der Waals surface area contributed by atoms with E-state index in [1.165, 1.54) is 13.2 Å². The predicted octanol–water partition coefficient (Wildman–Crippen LogP) is 3.64. The van der Waals surface area contributed by atoms with Gasteiger partial charge in [-0.25, -0.2) is 17.6 Å². The largest absolute Gasteiger partial charge is 0.494 e. The van der Waals surface area contributed by atoms with E-state index in [1.54, 1.807) is 0 Å². The highest BCUT2D eigenvalue weighted by molar-refractivity contribution is 7.92. The van der Waals surface area contributed by atoms with Crippen molar-refractivity contribution in [2.45, 2.75) is 4.90 Å². The number of aromatic carboxylic acids is 1. The molecule has 0 amide bonds. The minimum Gasteiger partial charge on any atom is -0.494 e. The second-order valence-electron chi connectivity index (χ2n) is 4.52. The Hall–Kier alpha value is -2.03. The van der Waals surface area contributed by atoms with Gasteiger partial charge in [-0.2, -0.15) is 0 Å². The van der Waals surface area contributed by atoms with E-state index >= 15 is 0 Å². The molecule has 2 aromatic rings. The molecule has 0 aliphatic rings. The molecule has 2 rings (SSSR count). The maximum atomic E-state index is 13.8. The van der Waals surface area contributed by atoms with E-state index in [0.717, 1.165) is 24.3 Å². The molecule has 0 atom stereocenters. The summed E-state index contributed by atoms with van der Waals surface area (Å²) in [4.78, 5) is 10.5. The number of ether oxygens (including phenoxy) is 1. The van der Waals surface area contributed by atoms with E-state index < -0.39 is 32.4 Å². The lowest BCUT2D eigenvalue weighted by Gasteiger charge is -2.14. The number of nitrogens with one attached hydrogen (secondary N) is 1. The van der Waals surface area contributed by atoms with Crippen LogP contribution in [0.3, 0.4) is 0 Å².